The summed E-state index contributed by atoms with van der Waals surface area (Å²) in [5.41, 5.74) is 0.313. The number of halogens is 3. The molecule has 0 atom stereocenters. The summed E-state index contributed by atoms with van der Waals surface area (Å²) in [7, 11) is -1.98. The minimum atomic E-state index is -4.29. The Morgan fingerprint density at radius 2 is 1.56 bits per heavy atom. The fraction of sp³-hybridized carbons (Fsp3) is 0.333. The van der Waals surface area contributed by atoms with Gasteiger partial charge in [-0.3, -0.25) is 0 Å². The molecule has 0 amide bonds. The summed E-state index contributed by atoms with van der Waals surface area (Å²) in [5, 5.41) is 2.50. The van der Waals surface area contributed by atoms with Crippen LogP contribution in [0.4, 0.5) is 13.2 Å². The molecule has 2 aromatic carbocycles. The van der Waals surface area contributed by atoms with Crippen molar-refractivity contribution >= 4 is 18.5 Å². The lowest BCUT2D eigenvalue weighted by Crippen LogP contribution is -2.42. The van der Waals surface area contributed by atoms with Crippen LogP contribution in [-0.2, 0) is 6.18 Å². The van der Waals surface area contributed by atoms with E-state index in [0.29, 0.717) is 0 Å². The molecular weight excluding hydrogens is 337 g/mol. The van der Waals surface area contributed by atoms with Crippen LogP contribution in [0.15, 0.2) is 60.7 Å². The van der Waals surface area contributed by atoms with E-state index in [-0.39, 0.29) is 0 Å². The predicted molar refractivity (Wildman–Crippen MR) is 103 cm³/mol. The Hall–Kier alpha value is -1.81. The second-order valence-corrected chi connectivity index (χ2v) is 11.2. The van der Waals surface area contributed by atoms with Crippen LogP contribution in [0, 0.1) is 0 Å². The molecule has 0 aliphatic carbocycles. The average molecular weight is 363 g/mol. The van der Waals surface area contributed by atoms with Gasteiger partial charge in [0, 0.05) is 0 Å². The van der Waals surface area contributed by atoms with Crippen LogP contribution in [0.1, 0.15) is 37.3 Å². The van der Waals surface area contributed by atoms with E-state index >= 15 is 0 Å². The maximum atomic E-state index is 12.9. The van der Waals surface area contributed by atoms with Gasteiger partial charge in [-0.05, 0) is 24.1 Å². The summed E-state index contributed by atoms with van der Waals surface area (Å²) >= 11 is 0. The molecule has 0 saturated carbocycles. The smallest absolute Gasteiger partial charge is 0.166 e. The molecule has 0 N–H and O–H groups in total. The van der Waals surface area contributed by atoms with E-state index in [1.54, 1.807) is 12.1 Å². The molecule has 2 rings (SSSR count). The maximum Gasteiger partial charge on any atom is 0.416 e. The normalized spacial score (nSPS) is 13.1. The largest absolute Gasteiger partial charge is 0.416 e. The predicted octanol–water partition coefficient (Wildman–Crippen LogP) is 6.43. The zero-order valence-corrected chi connectivity index (χ0v) is 16.0. The molecule has 0 fully saturated rings. The third kappa shape index (κ3) is 4.85. The molecule has 134 valence electrons. The van der Waals surface area contributed by atoms with Gasteiger partial charge in [0.05, 0.1) is 5.56 Å². The quantitative estimate of drug-likeness (QED) is 0.410. The number of rotatable bonds is 6. The van der Waals surface area contributed by atoms with Gasteiger partial charge in [-0.2, -0.15) is 13.2 Å². The van der Waals surface area contributed by atoms with Crippen LogP contribution in [0.3, 0.4) is 0 Å². The summed E-state index contributed by atoms with van der Waals surface area (Å²) in [4.78, 5) is 0. The van der Waals surface area contributed by atoms with Gasteiger partial charge in [0.2, 0.25) is 0 Å². The fourth-order valence-corrected chi connectivity index (χ4v) is 5.91. The number of allylic oxidation sites excluding steroid dienone is 1. The standard InChI is InChI=1S/C21H25F3Si/c1-4-5-7-12-20(25(2,3)19-10-8-6-9-11-19)17-13-15-18(16-14-17)21(22,23)24/h6,8-16H,4-5,7H2,1-3H3/b20-12+. The van der Waals surface area contributed by atoms with E-state index in [2.05, 4.69) is 38.2 Å². The van der Waals surface area contributed by atoms with Crippen LogP contribution < -0.4 is 5.19 Å². The second-order valence-electron chi connectivity index (χ2n) is 6.83. The molecule has 25 heavy (non-hydrogen) atoms. The van der Waals surface area contributed by atoms with Crippen LogP contribution >= 0.6 is 0 Å². The molecule has 0 unspecified atom stereocenters. The number of hydrogen-bond acceptors (Lipinski definition) is 0. The molecule has 0 heterocycles. The first kappa shape index (κ1) is 19.5. The van der Waals surface area contributed by atoms with E-state index in [0.717, 1.165) is 24.8 Å². The summed E-state index contributed by atoms with van der Waals surface area (Å²) in [6.07, 6.45) is 1.09. The van der Waals surface area contributed by atoms with Crippen molar-refractivity contribution in [1.29, 1.82) is 0 Å². The Bertz CT molecular complexity index is 698. The first-order valence-electron chi connectivity index (χ1n) is 8.70. The van der Waals surface area contributed by atoms with Crippen molar-refractivity contribution in [2.75, 3.05) is 0 Å². The Labute approximate surface area is 149 Å². The highest BCUT2D eigenvalue weighted by molar-refractivity contribution is 7.04. The molecule has 0 aromatic heterocycles. The maximum absolute atomic E-state index is 12.9. The topological polar surface area (TPSA) is 0 Å². The first-order valence-corrected chi connectivity index (χ1v) is 11.7. The van der Waals surface area contributed by atoms with Gasteiger partial charge >= 0.3 is 6.18 Å². The molecule has 0 radical (unpaired) electrons. The van der Waals surface area contributed by atoms with Crippen molar-refractivity contribution in [2.24, 2.45) is 0 Å². The average Bonchev–Trinajstić information content (AvgIpc) is 2.59. The highest BCUT2D eigenvalue weighted by Gasteiger charge is 2.32. The number of hydrogen-bond donors (Lipinski definition) is 0. The number of benzene rings is 2. The lowest BCUT2D eigenvalue weighted by molar-refractivity contribution is -0.137. The molecular formula is C21H25F3Si. The minimum Gasteiger partial charge on any atom is -0.166 e. The Kier molecular flexibility index (Phi) is 6.28. The van der Waals surface area contributed by atoms with Gasteiger partial charge in [-0.1, -0.05) is 91.8 Å². The summed E-state index contributed by atoms with van der Waals surface area (Å²) < 4.78 is 38.6. The van der Waals surface area contributed by atoms with Crippen LogP contribution in [0.25, 0.3) is 5.20 Å². The van der Waals surface area contributed by atoms with Gasteiger partial charge in [-0.15, -0.1) is 0 Å². The number of unbranched alkanes of at least 4 members (excludes halogenated alkanes) is 2. The molecule has 2 aromatic rings. The molecule has 0 bridgehead atoms. The summed E-state index contributed by atoms with van der Waals surface area (Å²) in [5.74, 6) is 0. The highest BCUT2D eigenvalue weighted by atomic mass is 28.3. The van der Waals surface area contributed by atoms with Gasteiger partial charge in [0.25, 0.3) is 0 Å². The first-order chi connectivity index (χ1) is 11.8. The van der Waals surface area contributed by atoms with E-state index in [9.17, 15) is 13.2 Å². The van der Waals surface area contributed by atoms with Crippen LogP contribution in [0.2, 0.25) is 13.1 Å². The van der Waals surface area contributed by atoms with Crippen molar-refractivity contribution in [1.82, 2.24) is 0 Å². The van der Waals surface area contributed by atoms with Gasteiger partial charge < -0.3 is 0 Å². The van der Waals surface area contributed by atoms with Gasteiger partial charge in [0.15, 0.2) is 0 Å². The third-order valence-corrected chi connectivity index (χ3v) is 8.21. The molecule has 0 aliphatic heterocycles. The van der Waals surface area contributed by atoms with Crippen molar-refractivity contribution in [3.05, 3.63) is 71.8 Å². The Balaban J connectivity index is 2.45. The lowest BCUT2D eigenvalue weighted by atomic mass is 10.1. The minimum absolute atomic E-state index is 0.594. The summed E-state index contributed by atoms with van der Waals surface area (Å²) in [6.45, 7) is 6.67. The van der Waals surface area contributed by atoms with E-state index < -0.39 is 19.8 Å². The fourth-order valence-electron chi connectivity index (χ4n) is 3.03. The monoisotopic (exact) mass is 362 g/mol. The molecule has 4 heteroatoms. The Morgan fingerprint density at radius 1 is 0.960 bits per heavy atom. The number of alkyl halides is 3. The van der Waals surface area contributed by atoms with E-state index in [4.69, 9.17) is 0 Å². The van der Waals surface area contributed by atoms with E-state index in [1.807, 2.05) is 18.2 Å². The van der Waals surface area contributed by atoms with Crippen molar-refractivity contribution in [3.8, 4) is 0 Å². The third-order valence-electron chi connectivity index (χ3n) is 4.60. The summed E-state index contributed by atoms with van der Waals surface area (Å²) in [6, 6.07) is 15.9. The SMILES string of the molecule is CCCC/C=C(\c1ccc(C(F)(F)F)cc1)[Si](C)(C)c1ccccc1. The van der Waals surface area contributed by atoms with Crippen molar-refractivity contribution in [3.63, 3.8) is 0 Å². The lowest BCUT2D eigenvalue weighted by Gasteiger charge is -2.27. The van der Waals surface area contributed by atoms with Gasteiger partial charge in [0.1, 0.15) is 8.07 Å². The van der Waals surface area contributed by atoms with Crippen LogP contribution in [-0.4, -0.2) is 8.07 Å². The molecule has 0 spiro atoms. The molecule has 0 saturated heterocycles. The van der Waals surface area contributed by atoms with Gasteiger partial charge in [-0.25, -0.2) is 0 Å². The zero-order valence-electron chi connectivity index (χ0n) is 15.0. The zero-order chi connectivity index (χ0) is 18.5. The van der Waals surface area contributed by atoms with Crippen molar-refractivity contribution in [2.45, 2.75) is 45.5 Å². The molecule has 0 nitrogen and oxygen atoms in total. The van der Waals surface area contributed by atoms with Crippen LogP contribution in [0.5, 0.6) is 0 Å². The second kappa shape index (κ2) is 8.04. The van der Waals surface area contributed by atoms with E-state index in [1.165, 1.54) is 22.5 Å². The molecule has 0 aliphatic rings. The Morgan fingerprint density at radius 3 is 2.08 bits per heavy atom. The highest BCUT2D eigenvalue weighted by Crippen LogP contribution is 2.32. The van der Waals surface area contributed by atoms with Crippen molar-refractivity contribution < 1.29 is 13.2 Å².